The van der Waals surface area contributed by atoms with Gasteiger partial charge in [-0.3, -0.25) is 0 Å². The van der Waals surface area contributed by atoms with Crippen LogP contribution >= 0.6 is 0 Å². The van der Waals surface area contributed by atoms with Crippen LogP contribution in [-0.2, 0) is 8.85 Å². The van der Waals surface area contributed by atoms with Gasteiger partial charge >= 0.3 is 0 Å². The Hall–Kier alpha value is 0.531. The molecule has 0 radical (unpaired) electrons. The van der Waals surface area contributed by atoms with Gasteiger partial charge in [0.15, 0.2) is 8.32 Å². The first-order chi connectivity index (χ1) is 9.04. The minimum absolute atomic E-state index is 0.0953. The third-order valence-corrected chi connectivity index (χ3v) is 13.5. The highest BCUT2D eigenvalue weighted by atomic mass is 28.4. The van der Waals surface area contributed by atoms with Crippen molar-refractivity contribution in [3.8, 4) is 0 Å². The highest BCUT2D eigenvalue weighted by Crippen LogP contribution is 2.36. The van der Waals surface area contributed by atoms with E-state index < -0.39 is 24.9 Å². The van der Waals surface area contributed by atoms with E-state index in [2.05, 4.69) is 73.5 Å². The predicted octanol–water partition coefficient (Wildman–Crippen LogP) is 4.64. The van der Waals surface area contributed by atoms with Gasteiger partial charge in [0, 0.05) is 5.22 Å². The zero-order valence-corrected chi connectivity index (χ0v) is 19.3. The molecule has 0 aliphatic rings. The third kappa shape index (κ3) is 5.28. The smallest absolute Gasteiger partial charge is 0.294 e. The van der Waals surface area contributed by atoms with Crippen LogP contribution in [0, 0.1) is 0 Å². The van der Waals surface area contributed by atoms with E-state index in [1.807, 2.05) is 0 Å². The molecule has 0 fully saturated rings. The first kappa shape index (κ1) is 21.5. The second-order valence-corrected chi connectivity index (χ2v) is 22.3. The van der Waals surface area contributed by atoms with E-state index >= 15 is 0 Å². The van der Waals surface area contributed by atoms with Gasteiger partial charge in [0.1, 0.15) is 0 Å². The maximum absolute atomic E-state index is 6.81. The maximum atomic E-state index is 6.81. The van der Waals surface area contributed by atoms with Crippen LogP contribution in [0.15, 0.2) is 0 Å². The number of rotatable bonds is 8. The van der Waals surface area contributed by atoms with E-state index in [4.69, 9.17) is 14.3 Å². The third-order valence-electron chi connectivity index (χ3n) is 4.95. The Bertz CT molecular complexity index is 350. The molecular weight excluding hydrogens is 310 g/mol. The van der Waals surface area contributed by atoms with Crippen LogP contribution in [0.4, 0.5) is 0 Å². The number of nitrogens with two attached hydrogens (primary N) is 1. The number of hydrogen-bond donors (Lipinski definition) is 1. The normalized spacial score (nSPS) is 22.3. The van der Waals surface area contributed by atoms with Crippen LogP contribution in [0.2, 0.25) is 45.8 Å². The summed E-state index contributed by atoms with van der Waals surface area (Å²) >= 11 is 0. The lowest BCUT2D eigenvalue weighted by Crippen LogP contribution is -2.72. The van der Waals surface area contributed by atoms with Gasteiger partial charge in [0.25, 0.3) is 8.48 Å². The molecule has 0 aromatic carbocycles. The van der Waals surface area contributed by atoms with E-state index in [0.717, 1.165) is 12.8 Å². The van der Waals surface area contributed by atoms with Crippen molar-refractivity contribution in [2.24, 2.45) is 5.40 Å². The van der Waals surface area contributed by atoms with E-state index in [0.29, 0.717) is 0 Å². The fourth-order valence-corrected chi connectivity index (χ4v) is 10.7. The molecule has 0 saturated carbocycles. The van der Waals surface area contributed by atoms with E-state index in [1.54, 1.807) is 0 Å². The Labute approximate surface area is 136 Å². The summed E-state index contributed by atoms with van der Waals surface area (Å²) in [6.07, 6.45) is 1.91. The fourth-order valence-electron chi connectivity index (χ4n) is 2.53. The predicted molar refractivity (Wildman–Crippen MR) is 102 cm³/mol. The fraction of sp³-hybridized carbons (Fsp3) is 1.00. The topological polar surface area (TPSA) is 44.5 Å². The Morgan fingerprint density at radius 2 is 1.14 bits per heavy atom. The van der Waals surface area contributed by atoms with E-state index in [1.165, 1.54) is 0 Å². The summed E-state index contributed by atoms with van der Waals surface area (Å²) < 4.78 is 13.2. The number of hydrogen-bond acceptors (Lipinski definition) is 3. The molecule has 21 heavy (non-hydrogen) atoms. The zero-order chi connectivity index (χ0) is 17.3. The summed E-state index contributed by atoms with van der Waals surface area (Å²) in [5.41, 5.74) is 0. The molecule has 2 N–H and O–H groups in total. The molecule has 0 spiro atoms. The van der Waals surface area contributed by atoms with Gasteiger partial charge in [0.05, 0.1) is 13.3 Å². The molecule has 6 heteroatoms. The largest absolute Gasteiger partial charge is 0.411 e. The second-order valence-electron chi connectivity index (χ2n) is 8.84. The van der Waals surface area contributed by atoms with Crippen LogP contribution in [0.5, 0.6) is 0 Å². The lowest BCUT2D eigenvalue weighted by Gasteiger charge is -2.51. The monoisotopic (exact) mass is 349 g/mol. The summed E-state index contributed by atoms with van der Waals surface area (Å²) in [5.74, 6) is 0. The van der Waals surface area contributed by atoms with Gasteiger partial charge in [-0.1, -0.05) is 33.5 Å². The van der Waals surface area contributed by atoms with E-state index in [9.17, 15) is 0 Å². The molecule has 0 heterocycles. The molecule has 0 aliphatic heterocycles. The lowest BCUT2D eigenvalue weighted by molar-refractivity contribution is 0.0741. The minimum atomic E-state index is -2.49. The molecule has 0 aromatic heterocycles. The molecular formula is C15H39NO2Si3. The van der Waals surface area contributed by atoms with E-state index in [-0.39, 0.29) is 10.4 Å². The van der Waals surface area contributed by atoms with Crippen LogP contribution < -0.4 is 5.40 Å². The van der Waals surface area contributed by atoms with Crippen molar-refractivity contribution in [3.63, 3.8) is 0 Å². The molecule has 0 rings (SSSR count). The standard InChI is InChI=1S/C15H39NO2Si3/c1-12-14(3,19(5,6)7)18-21(11,16)15(4,13-2)17-20(8,9)10/h12-13,16H2,1-11H3. The minimum Gasteiger partial charge on any atom is -0.411 e. The molecule has 0 aliphatic carbocycles. The Kier molecular flexibility index (Phi) is 6.73. The van der Waals surface area contributed by atoms with Crippen LogP contribution in [0.25, 0.3) is 0 Å². The van der Waals surface area contributed by atoms with Crippen molar-refractivity contribution in [3.05, 3.63) is 0 Å². The average Bonchev–Trinajstić information content (AvgIpc) is 2.24. The quantitative estimate of drug-likeness (QED) is 0.649. The molecule has 0 bridgehead atoms. The van der Waals surface area contributed by atoms with Gasteiger partial charge < -0.3 is 14.3 Å². The summed E-state index contributed by atoms with van der Waals surface area (Å²) in [4.78, 5) is 0. The maximum Gasteiger partial charge on any atom is 0.294 e. The average molecular weight is 350 g/mol. The Morgan fingerprint density at radius 1 is 0.762 bits per heavy atom. The summed E-state index contributed by atoms with van der Waals surface area (Å²) in [6.45, 7) is 24.7. The lowest BCUT2D eigenvalue weighted by atomic mass is 10.3. The second kappa shape index (κ2) is 6.57. The summed E-state index contributed by atoms with van der Waals surface area (Å²) in [6, 6.07) is 0. The summed E-state index contributed by atoms with van der Waals surface area (Å²) in [5, 5.41) is 6.39. The van der Waals surface area contributed by atoms with Crippen LogP contribution in [-0.4, -0.2) is 35.3 Å². The van der Waals surface area contributed by atoms with Crippen molar-refractivity contribution < 1.29 is 8.85 Å². The van der Waals surface area contributed by atoms with Crippen molar-refractivity contribution in [1.82, 2.24) is 0 Å². The SMILES string of the molecule is CCC(C)(O[Si](C)(N)C(C)(CC)O[Si](C)(C)C)[Si](C)(C)C. The molecule has 0 saturated heterocycles. The highest BCUT2D eigenvalue weighted by molar-refractivity contribution is 6.81. The molecule has 0 amide bonds. The van der Waals surface area contributed by atoms with Gasteiger partial charge in [-0.25, -0.2) is 0 Å². The Morgan fingerprint density at radius 3 is 1.38 bits per heavy atom. The van der Waals surface area contributed by atoms with Crippen molar-refractivity contribution in [2.45, 2.75) is 96.8 Å². The first-order valence-electron chi connectivity index (χ1n) is 8.23. The summed E-state index contributed by atoms with van der Waals surface area (Å²) in [7, 11) is -5.64. The van der Waals surface area contributed by atoms with Gasteiger partial charge in [-0.15, -0.1) is 0 Å². The van der Waals surface area contributed by atoms with Gasteiger partial charge in [-0.2, -0.15) is 0 Å². The van der Waals surface area contributed by atoms with Gasteiger partial charge in [-0.05, 0) is 52.9 Å². The van der Waals surface area contributed by atoms with Crippen molar-refractivity contribution >= 4 is 24.9 Å². The molecule has 3 atom stereocenters. The van der Waals surface area contributed by atoms with Crippen LogP contribution in [0.1, 0.15) is 40.5 Å². The first-order valence-corrected chi connectivity index (χ1v) is 17.6. The van der Waals surface area contributed by atoms with Gasteiger partial charge in [0.2, 0.25) is 0 Å². The molecule has 3 unspecified atom stereocenters. The molecule has 0 aromatic rings. The highest BCUT2D eigenvalue weighted by Gasteiger charge is 2.53. The molecule has 3 nitrogen and oxygen atoms in total. The van der Waals surface area contributed by atoms with Crippen molar-refractivity contribution in [1.29, 1.82) is 0 Å². The Balaban J connectivity index is 5.53. The van der Waals surface area contributed by atoms with Crippen LogP contribution in [0.3, 0.4) is 0 Å². The zero-order valence-electron chi connectivity index (χ0n) is 16.3. The molecule has 128 valence electrons. The van der Waals surface area contributed by atoms with Crippen molar-refractivity contribution in [2.75, 3.05) is 0 Å².